The number of carbonyl (C=O) groups is 1. The fourth-order valence-electron chi connectivity index (χ4n) is 1.12. The maximum atomic E-state index is 11.2. The summed E-state index contributed by atoms with van der Waals surface area (Å²) in [6, 6.07) is 0. The van der Waals surface area contributed by atoms with E-state index in [-0.39, 0.29) is 0 Å². The number of methoxy groups -OCH3 is 1. The smallest absolute Gasteiger partial charge is 0.345 e. The third-order valence-corrected chi connectivity index (χ3v) is 1.77. The molecule has 0 aromatic rings. The molecule has 58 valence electrons. The van der Waals surface area contributed by atoms with Crippen molar-refractivity contribution >= 4 is 5.97 Å². The zero-order valence-corrected chi connectivity index (χ0v) is 6.03. The highest BCUT2D eigenvalue weighted by atomic mass is 16.7. The Labute approximate surface area is 65.7 Å². The van der Waals surface area contributed by atoms with Crippen molar-refractivity contribution in [1.82, 2.24) is 0 Å². The number of hydrogen-bond donors (Lipinski definition) is 0. The summed E-state index contributed by atoms with van der Waals surface area (Å²) in [6.07, 6.45) is 5.21. The van der Waals surface area contributed by atoms with Gasteiger partial charge in [-0.05, 0) is 6.08 Å². The van der Waals surface area contributed by atoms with E-state index in [4.69, 9.17) is 6.11 Å². The summed E-state index contributed by atoms with van der Waals surface area (Å²) in [5, 5.41) is 0. The Balaban J connectivity index is 2.32. The molecule has 0 amide bonds. The number of ether oxygens (including phenoxy) is 2. The average molecular weight is 153 g/mol. The summed E-state index contributed by atoms with van der Waals surface area (Å²) in [6.45, 7) is 0. The lowest BCUT2D eigenvalue weighted by Crippen LogP contribution is -2.26. The van der Waals surface area contributed by atoms with Crippen molar-refractivity contribution in [1.29, 1.82) is 0 Å². The first-order valence-corrected chi connectivity index (χ1v) is 3.30. The van der Waals surface area contributed by atoms with E-state index in [1.54, 1.807) is 18.2 Å². The molecular formula is C8H8O3. The third kappa shape index (κ3) is 0.744. The molecule has 2 aliphatic rings. The van der Waals surface area contributed by atoms with E-state index in [0.29, 0.717) is 0 Å². The van der Waals surface area contributed by atoms with Gasteiger partial charge in [0.2, 0.25) is 5.60 Å². The molecule has 1 aliphatic heterocycles. The molecule has 1 saturated heterocycles. The van der Waals surface area contributed by atoms with Crippen LogP contribution in [0.5, 0.6) is 0 Å². The molecule has 1 aliphatic carbocycles. The highest BCUT2D eigenvalue weighted by Crippen LogP contribution is 2.41. The number of epoxide rings is 1. The van der Waals surface area contributed by atoms with Crippen LogP contribution in [0, 0.1) is 0 Å². The molecule has 0 saturated carbocycles. The quantitative estimate of drug-likeness (QED) is 0.405. The van der Waals surface area contributed by atoms with Crippen LogP contribution in [0.2, 0.25) is 0 Å². The Morgan fingerprint density at radius 3 is 3.27 bits per heavy atom. The van der Waals surface area contributed by atoms with Gasteiger partial charge < -0.3 is 9.47 Å². The molecule has 0 N–H and O–H groups in total. The summed E-state index contributed by atoms with van der Waals surface area (Å²) in [5.41, 5.74) is -1.17. The van der Waals surface area contributed by atoms with Gasteiger partial charge >= 0.3 is 5.97 Å². The number of allylic oxidation sites excluding steroid dienone is 2. The first-order chi connectivity index (χ1) is 5.65. The zero-order chi connectivity index (χ0) is 8.82. The van der Waals surface area contributed by atoms with Crippen LogP contribution in [0.25, 0.3) is 0 Å². The predicted molar refractivity (Wildman–Crippen MR) is 37.9 cm³/mol. The lowest BCUT2D eigenvalue weighted by Gasteiger charge is -2.04. The molecule has 0 aromatic heterocycles. The van der Waals surface area contributed by atoms with Crippen molar-refractivity contribution in [3.8, 4) is 0 Å². The lowest BCUT2D eigenvalue weighted by atomic mass is 10.0. The summed E-state index contributed by atoms with van der Waals surface area (Å²) in [7, 11) is 1.28. The Morgan fingerprint density at radius 2 is 2.64 bits per heavy atom. The van der Waals surface area contributed by atoms with Crippen molar-refractivity contribution in [2.24, 2.45) is 0 Å². The normalized spacial score (nSPS) is 46.1. The number of rotatable bonds is 1. The van der Waals surface area contributed by atoms with Crippen LogP contribution >= 0.6 is 0 Å². The fraction of sp³-hybridized carbons (Fsp3) is 0.375. The molecule has 2 rings (SSSR count). The Hall–Kier alpha value is -1.09. The number of hydrogen-bond acceptors (Lipinski definition) is 3. The molecular weight excluding hydrogens is 144 g/mol. The molecule has 2 unspecified atom stereocenters. The van der Waals surface area contributed by atoms with E-state index in [1.807, 2.05) is 0 Å². The van der Waals surface area contributed by atoms with E-state index in [0.717, 1.165) is 0 Å². The van der Waals surface area contributed by atoms with Gasteiger partial charge in [-0.3, -0.25) is 0 Å². The van der Waals surface area contributed by atoms with Gasteiger partial charge in [0.1, 0.15) is 6.08 Å². The molecule has 3 nitrogen and oxygen atoms in total. The van der Waals surface area contributed by atoms with Crippen LogP contribution in [0.1, 0.15) is 1.37 Å². The van der Waals surface area contributed by atoms with E-state index in [9.17, 15) is 4.79 Å². The summed E-state index contributed by atoms with van der Waals surface area (Å²) < 4.78 is 17.2. The average Bonchev–Trinajstić information content (AvgIpc) is 2.71. The predicted octanol–water partition coefficient (Wildman–Crippen LogP) is 0.423. The first kappa shape index (κ1) is 5.55. The van der Waals surface area contributed by atoms with Gasteiger partial charge in [0.15, 0.2) is 0 Å². The molecule has 2 atom stereocenters. The largest absolute Gasteiger partial charge is 0.467 e. The van der Waals surface area contributed by atoms with Crippen LogP contribution in [-0.4, -0.2) is 24.8 Å². The Bertz CT molecular complexity index is 297. The molecule has 0 radical (unpaired) electrons. The first-order valence-electron chi connectivity index (χ1n) is 3.80. The van der Waals surface area contributed by atoms with E-state index < -0.39 is 17.7 Å². The highest BCUT2D eigenvalue weighted by Gasteiger charge is 2.61. The summed E-state index contributed by atoms with van der Waals surface area (Å²) in [5.74, 6) is -0.516. The molecule has 0 bridgehead atoms. The molecule has 1 heterocycles. The molecule has 11 heavy (non-hydrogen) atoms. The van der Waals surface area contributed by atoms with Crippen molar-refractivity contribution < 1.29 is 15.6 Å². The molecule has 1 fully saturated rings. The van der Waals surface area contributed by atoms with Gasteiger partial charge in [0, 0.05) is 0 Å². The van der Waals surface area contributed by atoms with Crippen molar-refractivity contribution in [3.05, 3.63) is 24.3 Å². The minimum Gasteiger partial charge on any atom is -0.467 e. The van der Waals surface area contributed by atoms with Gasteiger partial charge in [0.05, 0.1) is 8.48 Å². The van der Waals surface area contributed by atoms with Crippen LogP contribution in [0.15, 0.2) is 24.3 Å². The van der Waals surface area contributed by atoms with Gasteiger partial charge in [-0.25, -0.2) is 4.79 Å². The third-order valence-electron chi connectivity index (χ3n) is 1.77. The zero-order valence-electron chi connectivity index (χ0n) is 7.03. The van der Waals surface area contributed by atoms with Crippen molar-refractivity contribution in [2.45, 2.75) is 11.7 Å². The van der Waals surface area contributed by atoms with Gasteiger partial charge in [-0.15, -0.1) is 0 Å². The minimum atomic E-state index is -1.23. The van der Waals surface area contributed by atoms with Gasteiger partial charge in [0.25, 0.3) is 0 Å². The monoisotopic (exact) mass is 153 g/mol. The van der Waals surface area contributed by atoms with Crippen LogP contribution in [-0.2, 0) is 14.3 Å². The molecule has 0 aromatic carbocycles. The van der Waals surface area contributed by atoms with Crippen molar-refractivity contribution in [3.63, 3.8) is 0 Å². The summed E-state index contributed by atoms with van der Waals surface area (Å²) >= 11 is 0. The van der Waals surface area contributed by atoms with Gasteiger partial charge in [-0.2, -0.15) is 0 Å². The summed E-state index contributed by atoms with van der Waals surface area (Å²) in [4.78, 5) is 11.2. The van der Waals surface area contributed by atoms with Crippen molar-refractivity contribution in [2.75, 3.05) is 7.11 Å². The maximum absolute atomic E-state index is 11.2. The van der Waals surface area contributed by atoms with Crippen LogP contribution in [0.4, 0.5) is 0 Å². The second kappa shape index (κ2) is 1.95. The van der Waals surface area contributed by atoms with Crippen LogP contribution < -0.4 is 0 Å². The van der Waals surface area contributed by atoms with Crippen LogP contribution in [0.3, 0.4) is 0 Å². The van der Waals surface area contributed by atoms with E-state index in [2.05, 4.69) is 4.74 Å². The fourth-order valence-corrected chi connectivity index (χ4v) is 1.12. The lowest BCUT2D eigenvalue weighted by molar-refractivity contribution is -0.144. The Morgan fingerprint density at radius 1 is 1.82 bits per heavy atom. The number of carbonyl (C=O) groups excluding carboxylic acids is 1. The molecule has 3 heteroatoms. The topological polar surface area (TPSA) is 38.8 Å². The standard InChI is InChI=1S/C8H8O3/c1-10-7(9)8-5-3-2-4-6(8)11-8/h2-6H,1H3/i6D. The number of fused-ring (bicyclic) bond motifs is 1. The highest BCUT2D eigenvalue weighted by molar-refractivity contribution is 5.87. The second-order valence-electron chi connectivity index (χ2n) is 2.41. The van der Waals surface area contributed by atoms with E-state index >= 15 is 0 Å². The second-order valence-corrected chi connectivity index (χ2v) is 2.41. The van der Waals surface area contributed by atoms with Gasteiger partial charge in [-0.1, -0.05) is 18.2 Å². The SMILES string of the molecule is [2H]C12C=CC=CC1(C(=O)OC)O2. The number of esters is 1. The Kier molecular flexibility index (Phi) is 0.983. The molecule has 0 spiro atoms. The minimum absolute atomic E-state index is 0.516. The maximum Gasteiger partial charge on any atom is 0.345 e. The van der Waals surface area contributed by atoms with E-state index in [1.165, 1.54) is 13.2 Å².